The summed E-state index contributed by atoms with van der Waals surface area (Å²) in [5.41, 5.74) is 0.590. The number of carbonyl (C=O) groups excluding carboxylic acids is 1. The van der Waals surface area contributed by atoms with Crippen molar-refractivity contribution in [2.45, 2.75) is 58.3 Å². The van der Waals surface area contributed by atoms with Gasteiger partial charge in [-0.3, -0.25) is 14.2 Å². The van der Waals surface area contributed by atoms with Crippen molar-refractivity contribution in [1.29, 1.82) is 0 Å². The minimum absolute atomic E-state index is 0.0304. The first-order valence-electron chi connectivity index (χ1n) is 8.94. The second-order valence-corrected chi connectivity index (χ2v) is 8.77. The summed E-state index contributed by atoms with van der Waals surface area (Å²) in [7, 11) is 0. The molecular weight excluding hydrogens is 414 g/mol. The van der Waals surface area contributed by atoms with E-state index in [2.05, 4.69) is 47.0 Å². The predicted molar refractivity (Wildman–Crippen MR) is 112 cm³/mol. The number of benzene rings is 1. The number of nitrogens with zero attached hydrogens (tertiary/aromatic N) is 2. The minimum atomic E-state index is -0.0627. The molecule has 0 radical (unpaired) electrons. The molecule has 2 aromatic rings. The van der Waals surface area contributed by atoms with E-state index in [0.29, 0.717) is 28.5 Å². The first-order valence-corrected chi connectivity index (χ1v) is 10.7. The van der Waals surface area contributed by atoms with Gasteiger partial charge in [0.2, 0.25) is 5.91 Å². The van der Waals surface area contributed by atoms with Gasteiger partial charge in [-0.2, -0.15) is 0 Å². The molecule has 0 aliphatic heterocycles. The quantitative estimate of drug-likeness (QED) is 0.494. The molecule has 0 aliphatic rings. The fraction of sp³-hybridized carbons (Fsp3) is 0.526. The number of aromatic nitrogens is 2. The fourth-order valence-electron chi connectivity index (χ4n) is 2.76. The smallest absolute Gasteiger partial charge is 0.262 e. The standard InChI is InChI=1S/C19H26BrN3O2S/c1-5-6-13(4)21-17(24)11-26-19-22-16-8-7-14(20)9-15(16)18(25)23(19)10-12(2)3/h7-9,12-13H,5-6,10-11H2,1-4H3,(H,21,24)/t13-/m1/s1. The van der Waals surface area contributed by atoms with Gasteiger partial charge in [0.15, 0.2) is 5.16 Å². The number of fused-ring (bicyclic) bond motifs is 1. The Morgan fingerprint density at radius 2 is 2.08 bits per heavy atom. The van der Waals surface area contributed by atoms with Gasteiger partial charge in [-0.1, -0.05) is 54.9 Å². The van der Waals surface area contributed by atoms with Crippen LogP contribution in [0.25, 0.3) is 10.9 Å². The number of hydrogen-bond donors (Lipinski definition) is 1. The Morgan fingerprint density at radius 1 is 1.35 bits per heavy atom. The van der Waals surface area contributed by atoms with Crippen molar-refractivity contribution >= 4 is 44.5 Å². The lowest BCUT2D eigenvalue weighted by molar-refractivity contribution is -0.119. The number of nitrogens with one attached hydrogen (secondary N) is 1. The first-order chi connectivity index (χ1) is 12.3. The number of thioether (sulfide) groups is 1. The maximum atomic E-state index is 12.9. The second-order valence-electron chi connectivity index (χ2n) is 6.91. The average molecular weight is 440 g/mol. The van der Waals surface area contributed by atoms with Gasteiger partial charge < -0.3 is 5.32 Å². The van der Waals surface area contributed by atoms with Crippen LogP contribution in [0.5, 0.6) is 0 Å². The first kappa shape index (κ1) is 21.0. The molecule has 1 aromatic carbocycles. The molecule has 26 heavy (non-hydrogen) atoms. The van der Waals surface area contributed by atoms with Gasteiger partial charge in [0.25, 0.3) is 5.56 Å². The summed E-state index contributed by atoms with van der Waals surface area (Å²) in [6.07, 6.45) is 1.99. The van der Waals surface area contributed by atoms with Gasteiger partial charge in [0.05, 0.1) is 16.7 Å². The third-order valence-corrected chi connectivity index (χ3v) is 5.36. The van der Waals surface area contributed by atoms with Crippen molar-refractivity contribution in [3.05, 3.63) is 33.0 Å². The lowest BCUT2D eigenvalue weighted by Crippen LogP contribution is -2.34. The molecule has 1 N–H and O–H groups in total. The van der Waals surface area contributed by atoms with Gasteiger partial charge in [-0.15, -0.1) is 0 Å². The molecule has 0 aliphatic carbocycles. The number of hydrogen-bond acceptors (Lipinski definition) is 4. The second kappa shape index (κ2) is 9.55. The van der Waals surface area contributed by atoms with Crippen LogP contribution >= 0.6 is 27.7 Å². The molecule has 0 bridgehead atoms. The van der Waals surface area contributed by atoms with Crippen LogP contribution in [-0.2, 0) is 11.3 Å². The van der Waals surface area contributed by atoms with Gasteiger partial charge in [0, 0.05) is 17.1 Å². The summed E-state index contributed by atoms with van der Waals surface area (Å²) in [6.45, 7) is 8.80. The Kier molecular flexibility index (Phi) is 7.70. The van der Waals surface area contributed by atoms with Gasteiger partial charge in [-0.05, 0) is 37.5 Å². The SMILES string of the molecule is CCC[C@@H](C)NC(=O)CSc1nc2ccc(Br)cc2c(=O)n1CC(C)C. The van der Waals surface area contributed by atoms with E-state index in [1.165, 1.54) is 11.8 Å². The van der Waals surface area contributed by atoms with Crippen molar-refractivity contribution in [3.63, 3.8) is 0 Å². The highest BCUT2D eigenvalue weighted by molar-refractivity contribution is 9.10. The van der Waals surface area contributed by atoms with Crippen LogP contribution in [0.2, 0.25) is 0 Å². The normalized spacial score (nSPS) is 12.5. The van der Waals surface area contributed by atoms with Crippen molar-refractivity contribution in [3.8, 4) is 0 Å². The van der Waals surface area contributed by atoms with Crippen LogP contribution in [0.15, 0.2) is 32.6 Å². The van der Waals surface area contributed by atoms with E-state index >= 15 is 0 Å². The monoisotopic (exact) mass is 439 g/mol. The molecule has 7 heteroatoms. The van der Waals surface area contributed by atoms with Crippen molar-refractivity contribution in [2.75, 3.05) is 5.75 Å². The fourth-order valence-corrected chi connectivity index (χ4v) is 3.94. The van der Waals surface area contributed by atoms with E-state index in [9.17, 15) is 9.59 Å². The van der Waals surface area contributed by atoms with E-state index in [1.807, 2.05) is 19.1 Å². The molecule has 142 valence electrons. The summed E-state index contributed by atoms with van der Waals surface area (Å²) in [6, 6.07) is 5.66. The zero-order valence-corrected chi connectivity index (χ0v) is 18.1. The third-order valence-electron chi connectivity index (χ3n) is 3.89. The minimum Gasteiger partial charge on any atom is -0.353 e. The molecule has 5 nitrogen and oxygen atoms in total. The zero-order chi connectivity index (χ0) is 19.3. The van der Waals surface area contributed by atoms with Gasteiger partial charge in [-0.25, -0.2) is 4.98 Å². The molecule has 0 fully saturated rings. The Balaban J connectivity index is 2.28. The summed E-state index contributed by atoms with van der Waals surface area (Å²) < 4.78 is 2.54. The Hall–Kier alpha value is -1.34. The van der Waals surface area contributed by atoms with Crippen LogP contribution in [0.3, 0.4) is 0 Å². The van der Waals surface area contributed by atoms with Crippen LogP contribution in [0.4, 0.5) is 0 Å². The molecule has 0 saturated carbocycles. The van der Waals surface area contributed by atoms with E-state index in [4.69, 9.17) is 0 Å². The van der Waals surface area contributed by atoms with Crippen LogP contribution in [0, 0.1) is 5.92 Å². The molecule has 2 rings (SSSR count). The third kappa shape index (κ3) is 5.58. The van der Waals surface area contributed by atoms with Gasteiger partial charge in [0.1, 0.15) is 0 Å². The highest BCUT2D eigenvalue weighted by Crippen LogP contribution is 2.21. The molecule has 0 unspecified atom stereocenters. The largest absolute Gasteiger partial charge is 0.353 e. The maximum Gasteiger partial charge on any atom is 0.262 e. The summed E-state index contributed by atoms with van der Waals surface area (Å²) >= 11 is 4.73. The van der Waals surface area contributed by atoms with Crippen LogP contribution in [0.1, 0.15) is 40.5 Å². The lowest BCUT2D eigenvalue weighted by atomic mass is 10.2. The number of amides is 1. The highest BCUT2D eigenvalue weighted by atomic mass is 79.9. The molecular formula is C19H26BrN3O2S. The summed E-state index contributed by atoms with van der Waals surface area (Å²) in [5.74, 6) is 0.523. The Morgan fingerprint density at radius 3 is 2.73 bits per heavy atom. The Bertz CT molecular complexity index is 835. The molecule has 1 atom stereocenters. The average Bonchev–Trinajstić information content (AvgIpc) is 2.56. The molecule has 1 heterocycles. The molecule has 1 aromatic heterocycles. The zero-order valence-electron chi connectivity index (χ0n) is 15.7. The Labute approximate surface area is 167 Å². The van der Waals surface area contributed by atoms with Crippen molar-refractivity contribution < 1.29 is 4.79 Å². The van der Waals surface area contributed by atoms with Gasteiger partial charge >= 0.3 is 0 Å². The maximum absolute atomic E-state index is 12.9. The number of carbonyl (C=O) groups is 1. The van der Waals surface area contributed by atoms with Crippen molar-refractivity contribution in [1.82, 2.24) is 14.9 Å². The van der Waals surface area contributed by atoms with E-state index < -0.39 is 0 Å². The predicted octanol–water partition coefficient (Wildman–Crippen LogP) is 4.21. The lowest BCUT2D eigenvalue weighted by Gasteiger charge is -2.16. The highest BCUT2D eigenvalue weighted by Gasteiger charge is 2.15. The molecule has 0 spiro atoms. The molecule has 0 saturated heterocycles. The van der Waals surface area contributed by atoms with E-state index in [1.54, 1.807) is 10.6 Å². The van der Waals surface area contributed by atoms with E-state index in [0.717, 1.165) is 17.3 Å². The van der Waals surface area contributed by atoms with Crippen LogP contribution in [-0.4, -0.2) is 27.3 Å². The summed E-state index contributed by atoms with van der Waals surface area (Å²) in [5, 5.41) is 4.17. The number of rotatable bonds is 8. The molecule has 1 amide bonds. The van der Waals surface area contributed by atoms with E-state index in [-0.39, 0.29) is 23.3 Å². The topological polar surface area (TPSA) is 64.0 Å². The number of halogens is 1. The van der Waals surface area contributed by atoms with Crippen molar-refractivity contribution in [2.24, 2.45) is 5.92 Å². The van der Waals surface area contributed by atoms with Crippen LogP contribution < -0.4 is 10.9 Å². The summed E-state index contributed by atoms with van der Waals surface area (Å²) in [4.78, 5) is 29.8.